The average molecular weight is 323 g/mol. The van der Waals surface area contributed by atoms with Crippen LogP contribution < -0.4 is 0 Å². The number of allylic oxidation sites excluding steroid dienone is 1. The molecule has 0 aliphatic heterocycles. The molecule has 0 saturated heterocycles. The highest BCUT2D eigenvalue weighted by Gasteiger charge is 2.03. The van der Waals surface area contributed by atoms with Gasteiger partial charge in [-0.25, -0.2) is 0 Å². The predicted molar refractivity (Wildman–Crippen MR) is 101 cm³/mol. The van der Waals surface area contributed by atoms with E-state index >= 15 is 0 Å². The Labute approximate surface area is 140 Å². The Hall–Kier alpha value is -0.340. The van der Waals surface area contributed by atoms with Crippen LogP contribution in [0.15, 0.2) is 45.5 Å². The van der Waals surface area contributed by atoms with Gasteiger partial charge in [0, 0.05) is 9.13 Å². The Kier molecular flexibility index (Phi) is 10.9. The van der Waals surface area contributed by atoms with E-state index in [4.69, 9.17) is 0 Å². The lowest BCUT2D eigenvalue weighted by atomic mass is 10.1. The van der Waals surface area contributed by atoms with Gasteiger partial charge in [-0.05, 0) is 30.2 Å². The topological polar surface area (TPSA) is 0 Å². The first-order valence-electron chi connectivity index (χ1n) is 8.30. The fourth-order valence-electron chi connectivity index (χ4n) is 2.04. The molecule has 1 aromatic rings. The molecule has 0 aliphatic carbocycles. The van der Waals surface area contributed by atoms with E-state index in [1.165, 1.54) is 53.4 Å². The Morgan fingerprint density at radius 3 is 2.33 bits per heavy atom. The molecule has 0 fully saturated rings. The highest BCUT2D eigenvalue weighted by Crippen LogP contribution is 2.36. The summed E-state index contributed by atoms with van der Waals surface area (Å²) in [5.74, 6) is 1.87. The number of rotatable bonds is 11. The summed E-state index contributed by atoms with van der Waals surface area (Å²) in [5, 5.41) is 0. The van der Waals surface area contributed by atoms with Crippen molar-refractivity contribution in [2.75, 3.05) is 5.75 Å². The summed E-state index contributed by atoms with van der Waals surface area (Å²) >= 11 is 3.95. The first-order valence-corrected chi connectivity index (χ1v) is 10.1. The Bertz CT molecular complexity index is 382. The van der Waals surface area contributed by atoms with Gasteiger partial charge in [0.25, 0.3) is 0 Å². The van der Waals surface area contributed by atoms with Gasteiger partial charge in [-0.1, -0.05) is 88.9 Å². The molecule has 0 radical (unpaired) electrons. The Balaban J connectivity index is 2.31. The van der Waals surface area contributed by atoms with Crippen LogP contribution in [-0.2, 0) is 0 Å². The molecule has 1 rings (SSSR count). The first-order chi connectivity index (χ1) is 10.2. The van der Waals surface area contributed by atoms with Crippen molar-refractivity contribution in [3.05, 3.63) is 40.6 Å². The van der Waals surface area contributed by atoms with Crippen LogP contribution in [0.4, 0.5) is 0 Å². The molecule has 118 valence electrons. The molecule has 0 spiro atoms. The maximum atomic E-state index is 2.40. The summed E-state index contributed by atoms with van der Waals surface area (Å²) in [4.78, 5) is 1.35. The van der Waals surface area contributed by atoms with E-state index in [0.29, 0.717) is 5.92 Å². The van der Waals surface area contributed by atoms with Gasteiger partial charge in [0.2, 0.25) is 0 Å². The molecular formula is C19H30S2. The van der Waals surface area contributed by atoms with Gasteiger partial charge in [-0.3, -0.25) is 0 Å². The number of benzene rings is 1. The summed E-state index contributed by atoms with van der Waals surface area (Å²) in [7, 11) is 0. The predicted octanol–water partition coefficient (Wildman–Crippen LogP) is 7.37. The zero-order valence-corrected chi connectivity index (χ0v) is 15.4. The lowest BCUT2D eigenvalue weighted by molar-refractivity contribution is 0.627. The summed E-state index contributed by atoms with van der Waals surface area (Å²) in [6, 6.07) is 10.7. The van der Waals surface area contributed by atoms with Gasteiger partial charge < -0.3 is 0 Å². The molecule has 0 atom stereocenters. The molecule has 0 amide bonds. The van der Waals surface area contributed by atoms with Crippen molar-refractivity contribution in [1.82, 2.24) is 0 Å². The van der Waals surface area contributed by atoms with Crippen molar-refractivity contribution < 1.29 is 0 Å². The number of hydrogen-bond acceptors (Lipinski definition) is 2. The van der Waals surface area contributed by atoms with Crippen molar-refractivity contribution in [1.29, 1.82) is 0 Å². The molecule has 2 heteroatoms. The normalized spacial score (nSPS) is 12.1. The third-order valence-corrected chi connectivity index (χ3v) is 5.54. The third kappa shape index (κ3) is 10.1. The summed E-state index contributed by atoms with van der Waals surface area (Å²) in [6.07, 6.45) is 10.7. The van der Waals surface area contributed by atoms with Gasteiger partial charge in [-0.15, -0.1) is 11.8 Å². The molecule has 0 unspecified atom stereocenters. The third-order valence-electron chi connectivity index (χ3n) is 3.17. The van der Waals surface area contributed by atoms with Crippen LogP contribution in [0.5, 0.6) is 0 Å². The second kappa shape index (κ2) is 12.2. The molecule has 1 aromatic carbocycles. The van der Waals surface area contributed by atoms with E-state index in [2.05, 4.69) is 57.2 Å². The second-order valence-corrected chi connectivity index (χ2v) is 8.27. The summed E-state index contributed by atoms with van der Waals surface area (Å²) in [6.45, 7) is 6.80. The minimum Gasteiger partial charge on any atom is -0.119 e. The van der Waals surface area contributed by atoms with Gasteiger partial charge in [0.1, 0.15) is 0 Å². The highest BCUT2D eigenvalue weighted by atomic mass is 32.2. The van der Waals surface area contributed by atoms with Crippen molar-refractivity contribution in [2.24, 2.45) is 5.92 Å². The van der Waals surface area contributed by atoms with Crippen molar-refractivity contribution in [3.8, 4) is 0 Å². The fraction of sp³-hybridized carbons (Fsp3) is 0.579. The molecular weight excluding hydrogens is 292 g/mol. The number of hydrogen-bond donors (Lipinski definition) is 0. The second-order valence-electron chi connectivity index (χ2n) is 5.76. The molecule has 0 N–H and O–H groups in total. The zero-order valence-electron chi connectivity index (χ0n) is 13.8. The zero-order chi connectivity index (χ0) is 15.3. The smallest absolute Gasteiger partial charge is 0.0412 e. The van der Waals surface area contributed by atoms with Crippen molar-refractivity contribution in [2.45, 2.75) is 64.2 Å². The van der Waals surface area contributed by atoms with E-state index in [1.807, 2.05) is 23.5 Å². The van der Waals surface area contributed by atoms with Crippen LogP contribution >= 0.6 is 23.5 Å². The van der Waals surface area contributed by atoms with E-state index in [9.17, 15) is 0 Å². The quantitative estimate of drug-likeness (QED) is 0.308. The van der Waals surface area contributed by atoms with Gasteiger partial charge >= 0.3 is 0 Å². The van der Waals surface area contributed by atoms with Gasteiger partial charge in [0.15, 0.2) is 0 Å². The van der Waals surface area contributed by atoms with E-state index in [1.54, 1.807) is 0 Å². The van der Waals surface area contributed by atoms with E-state index in [0.717, 1.165) is 0 Å². The summed E-state index contributed by atoms with van der Waals surface area (Å²) in [5.41, 5.74) is 0. The molecule has 21 heavy (non-hydrogen) atoms. The SMILES string of the molecule is CCCCCCCCS/C(=C/C(C)C)Sc1ccccc1. The highest BCUT2D eigenvalue weighted by molar-refractivity contribution is 8.22. The van der Waals surface area contributed by atoms with Crippen LogP contribution in [0.2, 0.25) is 0 Å². The average Bonchev–Trinajstić information content (AvgIpc) is 2.46. The van der Waals surface area contributed by atoms with Crippen LogP contribution in [0, 0.1) is 5.92 Å². The monoisotopic (exact) mass is 322 g/mol. The van der Waals surface area contributed by atoms with Crippen LogP contribution in [0.3, 0.4) is 0 Å². The van der Waals surface area contributed by atoms with E-state index < -0.39 is 0 Å². The van der Waals surface area contributed by atoms with Crippen LogP contribution in [0.1, 0.15) is 59.3 Å². The molecule has 0 heterocycles. The lowest BCUT2D eigenvalue weighted by Gasteiger charge is -2.09. The lowest BCUT2D eigenvalue weighted by Crippen LogP contribution is -1.86. The van der Waals surface area contributed by atoms with Crippen molar-refractivity contribution in [3.63, 3.8) is 0 Å². The first kappa shape index (κ1) is 18.7. The molecule has 0 bridgehead atoms. The van der Waals surface area contributed by atoms with Gasteiger partial charge in [0.05, 0.1) is 0 Å². The van der Waals surface area contributed by atoms with E-state index in [-0.39, 0.29) is 0 Å². The fourth-order valence-corrected chi connectivity index (χ4v) is 4.60. The minimum atomic E-state index is 0.619. The van der Waals surface area contributed by atoms with Crippen LogP contribution in [-0.4, -0.2) is 5.75 Å². The Morgan fingerprint density at radius 2 is 1.67 bits per heavy atom. The molecule has 0 saturated carbocycles. The Morgan fingerprint density at radius 1 is 1.00 bits per heavy atom. The summed E-state index contributed by atoms with van der Waals surface area (Å²) < 4.78 is 1.46. The minimum absolute atomic E-state index is 0.619. The largest absolute Gasteiger partial charge is 0.119 e. The van der Waals surface area contributed by atoms with Crippen molar-refractivity contribution >= 4 is 23.5 Å². The number of thioether (sulfide) groups is 2. The maximum Gasteiger partial charge on any atom is 0.0412 e. The molecule has 0 aliphatic rings. The number of unbranched alkanes of at least 4 members (excludes halogenated alkanes) is 5. The maximum absolute atomic E-state index is 2.40. The van der Waals surface area contributed by atoms with Crippen LogP contribution in [0.25, 0.3) is 0 Å². The van der Waals surface area contributed by atoms with Gasteiger partial charge in [-0.2, -0.15) is 0 Å². The standard InChI is InChI=1S/C19H30S2/c1-4-5-6-7-8-12-15-20-19(16-17(2)3)21-18-13-10-9-11-14-18/h9-11,13-14,16-17H,4-8,12,15H2,1-3H3/b19-16-. The molecule has 0 aromatic heterocycles. The molecule has 0 nitrogen and oxygen atoms in total.